The van der Waals surface area contributed by atoms with Gasteiger partial charge in [-0.2, -0.15) is 0 Å². The van der Waals surface area contributed by atoms with Gasteiger partial charge in [0, 0.05) is 5.39 Å². The highest BCUT2D eigenvalue weighted by molar-refractivity contribution is 6.24. The van der Waals surface area contributed by atoms with E-state index in [1.54, 1.807) is 6.07 Å². The van der Waals surface area contributed by atoms with Crippen LogP contribution in [0.15, 0.2) is 36.4 Å². The fourth-order valence-corrected chi connectivity index (χ4v) is 2.02. The average molecular weight is 212 g/mol. The SMILES string of the molecule is O=CN1C(=O)Nc2cccc3cccc1c23. The Balaban J connectivity index is 2.43. The summed E-state index contributed by atoms with van der Waals surface area (Å²) < 4.78 is 0. The summed E-state index contributed by atoms with van der Waals surface area (Å²) in [5.41, 5.74) is 1.38. The van der Waals surface area contributed by atoms with Gasteiger partial charge in [-0.05, 0) is 17.5 Å². The van der Waals surface area contributed by atoms with Crippen molar-refractivity contribution in [1.29, 1.82) is 0 Å². The number of nitrogens with zero attached hydrogens (tertiary/aromatic N) is 1. The van der Waals surface area contributed by atoms with Gasteiger partial charge in [-0.15, -0.1) is 0 Å². The molecule has 1 N–H and O–H groups in total. The van der Waals surface area contributed by atoms with Gasteiger partial charge in [0.25, 0.3) is 0 Å². The molecule has 0 spiro atoms. The number of rotatable bonds is 1. The van der Waals surface area contributed by atoms with Gasteiger partial charge in [-0.25, -0.2) is 9.69 Å². The Morgan fingerprint density at radius 1 is 1.12 bits per heavy atom. The molecule has 2 aromatic rings. The van der Waals surface area contributed by atoms with E-state index in [1.807, 2.05) is 30.3 Å². The van der Waals surface area contributed by atoms with E-state index in [2.05, 4.69) is 5.32 Å². The first kappa shape index (κ1) is 8.91. The second-order valence-corrected chi connectivity index (χ2v) is 3.59. The Hall–Kier alpha value is -2.36. The van der Waals surface area contributed by atoms with Crippen molar-refractivity contribution in [2.24, 2.45) is 0 Å². The molecule has 0 radical (unpaired) electrons. The lowest BCUT2D eigenvalue weighted by Gasteiger charge is -2.25. The summed E-state index contributed by atoms with van der Waals surface area (Å²) in [5.74, 6) is 0. The van der Waals surface area contributed by atoms with Crippen LogP contribution in [-0.2, 0) is 4.79 Å². The predicted octanol–water partition coefficient (Wildman–Crippen LogP) is 2.35. The van der Waals surface area contributed by atoms with Crippen molar-refractivity contribution < 1.29 is 9.59 Å². The third-order valence-electron chi connectivity index (χ3n) is 2.71. The molecule has 3 rings (SSSR count). The summed E-state index contributed by atoms with van der Waals surface area (Å²) in [4.78, 5) is 23.6. The van der Waals surface area contributed by atoms with E-state index < -0.39 is 6.03 Å². The molecule has 2 aromatic carbocycles. The highest BCUT2D eigenvalue weighted by Gasteiger charge is 2.24. The van der Waals surface area contributed by atoms with E-state index in [4.69, 9.17) is 0 Å². The zero-order valence-corrected chi connectivity index (χ0v) is 8.31. The Morgan fingerprint density at radius 3 is 2.62 bits per heavy atom. The second-order valence-electron chi connectivity index (χ2n) is 3.59. The Labute approximate surface area is 91.5 Å². The smallest absolute Gasteiger partial charge is 0.306 e. The number of hydrogen-bond acceptors (Lipinski definition) is 2. The standard InChI is InChI=1S/C12H8N2O2/c15-7-14-10-6-2-4-8-3-1-5-9(11(8)10)13-12(14)16/h1-7H,(H,13,16). The van der Waals surface area contributed by atoms with Crippen molar-refractivity contribution in [3.8, 4) is 0 Å². The molecule has 0 fully saturated rings. The summed E-state index contributed by atoms with van der Waals surface area (Å²) in [7, 11) is 0. The first-order chi connectivity index (χ1) is 7.81. The molecule has 16 heavy (non-hydrogen) atoms. The number of imide groups is 1. The molecule has 0 aliphatic carbocycles. The largest absolute Gasteiger partial charge is 0.333 e. The molecule has 1 aliphatic heterocycles. The molecule has 4 heteroatoms. The fourth-order valence-electron chi connectivity index (χ4n) is 2.02. The first-order valence-electron chi connectivity index (χ1n) is 4.88. The number of hydrogen-bond donors (Lipinski definition) is 1. The summed E-state index contributed by atoms with van der Waals surface area (Å²) in [6.45, 7) is 0. The minimum atomic E-state index is -0.416. The molecular weight excluding hydrogens is 204 g/mol. The molecule has 0 saturated carbocycles. The highest BCUT2D eigenvalue weighted by atomic mass is 16.2. The van der Waals surface area contributed by atoms with Gasteiger partial charge in [-0.3, -0.25) is 4.79 Å². The number of benzene rings is 2. The third kappa shape index (κ3) is 1.04. The average Bonchev–Trinajstić information content (AvgIpc) is 2.30. The molecule has 0 saturated heterocycles. The Kier molecular flexibility index (Phi) is 1.71. The normalized spacial score (nSPS) is 13.8. The minimum absolute atomic E-state index is 0.416. The number of nitrogens with one attached hydrogen (secondary N) is 1. The van der Waals surface area contributed by atoms with Crippen LogP contribution in [0.2, 0.25) is 0 Å². The van der Waals surface area contributed by atoms with Crippen molar-refractivity contribution in [3.63, 3.8) is 0 Å². The number of carbonyl (C=O) groups excluding carboxylic acids is 2. The van der Waals surface area contributed by atoms with E-state index in [9.17, 15) is 9.59 Å². The zero-order valence-electron chi connectivity index (χ0n) is 8.31. The maximum Gasteiger partial charge on any atom is 0.333 e. The molecule has 1 aliphatic rings. The third-order valence-corrected chi connectivity index (χ3v) is 2.71. The molecule has 0 bridgehead atoms. The van der Waals surface area contributed by atoms with Crippen LogP contribution in [0.4, 0.5) is 16.2 Å². The highest BCUT2D eigenvalue weighted by Crippen LogP contribution is 2.35. The topological polar surface area (TPSA) is 49.4 Å². The first-order valence-corrected chi connectivity index (χ1v) is 4.88. The molecule has 1 heterocycles. The molecule has 78 valence electrons. The van der Waals surface area contributed by atoms with E-state index in [0.717, 1.165) is 21.4 Å². The second kappa shape index (κ2) is 3.06. The van der Waals surface area contributed by atoms with Gasteiger partial charge in [0.1, 0.15) is 0 Å². The number of urea groups is 1. The van der Waals surface area contributed by atoms with Gasteiger partial charge < -0.3 is 5.32 Å². The van der Waals surface area contributed by atoms with Gasteiger partial charge in [0.05, 0.1) is 11.4 Å². The molecule has 4 nitrogen and oxygen atoms in total. The summed E-state index contributed by atoms with van der Waals surface area (Å²) in [6, 6.07) is 10.8. The van der Waals surface area contributed by atoms with Gasteiger partial charge in [-0.1, -0.05) is 24.3 Å². The van der Waals surface area contributed by atoms with Crippen molar-refractivity contribution >= 4 is 34.6 Å². The lowest BCUT2D eigenvalue weighted by Crippen LogP contribution is -2.36. The van der Waals surface area contributed by atoms with E-state index in [-0.39, 0.29) is 0 Å². The molecule has 3 amide bonds. The molecule has 0 unspecified atom stereocenters. The summed E-state index contributed by atoms with van der Waals surface area (Å²) in [6.07, 6.45) is 0.528. The molecule has 0 aromatic heterocycles. The van der Waals surface area contributed by atoms with Gasteiger partial charge in [0.2, 0.25) is 6.41 Å². The number of amides is 3. The van der Waals surface area contributed by atoms with Crippen LogP contribution in [-0.4, -0.2) is 12.4 Å². The van der Waals surface area contributed by atoms with Crippen LogP contribution in [0.3, 0.4) is 0 Å². The van der Waals surface area contributed by atoms with Crippen molar-refractivity contribution in [3.05, 3.63) is 36.4 Å². The van der Waals surface area contributed by atoms with E-state index in [0.29, 0.717) is 12.1 Å². The van der Waals surface area contributed by atoms with Crippen LogP contribution < -0.4 is 10.2 Å². The van der Waals surface area contributed by atoms with Crippen LogP contribution in [0.5, 0.6) is 0 Å². The lowest BCUT2D eigenvalue weighted by atomic mass is 10.0. The summed E-state index contributed by atoms with van der Waals surface area (Å²) in [5, 5.41) is 4.58. The van der Waals surface area contributed by atoms with Crippen LogP contribution in [0.25, 0.3) is 10.8 Å². The number of carbonyl (C=O) groups is 2. The van der Waals surface area contributed by atoms with Crippen LogP contribution in [0.1, 0.15) is 0 Å². The van der Waals surface area contributed by atoms with Crippen LogP contribution in [0, 0.1) is 0 Å². The Bertz CT molecular complexity index is 602. The maximum atomic E-state index is 11.6. The minimum Gasteiger partial charge on any atom is -0.306 e. The van der Waals surface area contributed by atoms with Crippen molar-refractivity contribution in [2.75, 3.05) is 10.2 Å². The monoisotopic (exact) mass is 212 g/mol. The molecule has 0 atom stereocenters. The Morgan fingerprint density at radius 2 is 1.88 bits per heavy atom. The van der Waals surface area contributed by atoms with E-state index in [1.165, 1.54) is 0 Å². The predicted molar refractivity (Wildman–Crippen MR) is 61.5 cm³/mol. The van der Waals surface area contributed by atoms with E-state index >= 15 is 0 Å². The van der Waals surface area contributed by atoms with Gasteiger partial charge in [0.15, 0.2) is 0 Å². The number of anilines is 2. The van der Waals surface area contributed by atoms with Gasteiger partial charge >= 0.3 is 6.03 Å². The van der Waals surface area contributed by atoms with Crippen LogP contribution >= 0.6 is 0 Å². The quantitative estimate of drug-likeness (QED) is 0.737. The lowest BCUT2D eigenvalue weighted by molar-refractivity contribution is -0.106. The fraction of sp³-hybridized carbons (Fsp3) is 0. The molecular formula is C12H8N2O2. The van der Waals surface area contributed by atoms with Crippen molar-refractivity contribution in [2.45, 2.75) is 0 Å². The maximum absolute atomic E-state index is 11.6. The zero-order chi connectivity index (χ0) is 11.1. The van der Waals surface area contributed by atoms with Crippen molar-refractivity contribution in [1.82, 2.24) is 0 Å². The summed E-state index contributed by atoms with van der Waals surface area (Å²) >= 11 is 0.